The Kier molecular flexibility index (Phi) is 4.63. The Hall–Kier alpha value is -3.11. The molecule has 1 aromatic carbocycles. The molecule has 8 nitrogen and oxygen atoms in total. The summed E-state index contributed by atoms with van der Waals surface area (Å²) in [6.45, 7) is 3.84. The monoisotopic (exact) mass is 441 g/mol. The van der Waals surface area contributed by atoms with Gasteiger partial charge < -0.3 is 9.09 Å². The molecule has 160 valence electrons. The standard InChI is InChI=1S/C21H20FN5O3S/c1-13-19(14(2)30-25-13)31(28,29)26-11-9-17(12-26)27-20(15-5-7-16(22)8-6-15)24-18-4-3-10-23-21(18)27/h3-8,10,17H,9,11-12H2,1-2H3/t17-/m0/s1. The van der Waals surface area contributed by atoms with Gasteiger partial charge in [0.15, 0.2) is 11.4 Å². The van der Waals surface area contributed by atoms with Crippen molar-refractivity contribution in [3.8, 4) is 11.4 Å². The quantitative estimate of drug-likeness (QED) is 0.481. The number of aryl methyl sites for hydroxylation is 2. The second-order valence-corrected chi connectivity index (χ2v) is 9.49. The Labute approximate surface area is 178 Å². The van der Waals surface area contributed by atoms with Gasteiger partial charge in [0, 0.05) is 24.8 Å². The van der Waals surface area contributed by atoms with Crippen LogP contribution in [0.5, 0.6) is 0 Å². The molecule has 1 saturated heterocycles. The van der Waals surface area contributed by atoms with Crippen molar-refractivity contribution >= 4 is 21.2 Å². The van der Waals surface area contributed by atoms with Crippen molar-refractivity contribution in [3.63, 3.8) is 0 Å². The van der Waals surface area contributed by atoms with Gasteiger partial charge in [-0.25, -0.2) is 22.8 Å². The lowest BCUT2D eigenvalue weighted by Crippen LogP contribution is -2.30. The average molecular weight is 441 g/mol. The molecular formula is C21H20FN5O3S. The fraction of sp³-hybridized carbons (Fsp3) is 0.286. The summed E-state index contributed by atoms with van der Waals surface area (Å²) in [6, 6.07) is 9.59. The van der Waals surface area contributed by atoms with Crippen LogP contribution in [-0.4, -0.2) is 45.5 Å². The van der Waals surface area contributed by atoms with E-state index in [4.69, 9.17) is 9.51 Å². The van der Waals surface area contributed by atoms with Crippen LogP contribution < -0.4 is 0 Å². The van der Waals surface area contributed by atoms with Gasteiger partial charge in [0.2, 0.25) is 10.0 Å². The molecule has 1 atom stereocenters. The number of rotatable bonds is 4. The van der Waals surface area contributed by atoms with Gasteiger partial charge in [-0.15, -0.1) is 0 Å². The third kappa shape index (κ3) is 3.22. The predicted octanol–water partition coefficient (Wildman–Crippen LogP) is 3.48. The first-order chi connectivity index (χ1) is 14.9. The van der Waals surface area contributed by atoms with Gasteiger partial charge in [0.25, 0.3) is 0 Å². The van der Waals surface area contributed by atoms with E-state index in [-0.39, 0.29) is 29.1 Å². The first kappa shape index (κ1) is 19.8. The summed E-state index contributed by atoms with van der Waals surface area (Å²) in [5.41, 5.74) is 2.46. The lowest BCUT2D eigenvalue weighted by molar-refractivity contribution is 0.389. The number of imidazole rings is 1. The SMILES string of the molecule is Cc1noc(C)c1S(=O)(=O)N1CC[C@H](n2c(-c3ccc(F)cc3)nc3cccnc32)C1. The summed E-state index contributed by atoms with van der Waals surface area (Å²) in [5.74, 6) is 0.583. The van der Waals surface area contributed by atoms with Crippen LogP contribution >= 0.6 is 0 Å². The number of hydrogen-bond donors (Lipinski definition) is 0. The van der Waals surface area contributed by atoms with Crippen molar-refractivity contribution in [1.29, 1.82) is 0 Å². The molecule has 0 bridgehead atoms. The molecule has 31 heavy (non-hydrogen) atoms. The summed E-state index contributed by atoms with van der Waals surface area (Å²) in [5, 5.41) is 3.79. The molecule has 0 N–H and O–H groups in total. The van der Waals surface area contributed by atoms with E-state index in [9.17, 15) is 12.8 Å². The normalized spacial score (nSPS) is 17.6. The molecule has 0 radical (unpaired) electrons. The van der Waals surface area contributed by atoms with E-state index in [1.165, 1.54) is 16.4 Å². The van der Waals surface area contributed by atoms with Crippen LogP contribution in [-0.2, 0) is 10.0 Å². The first-order valence-electron chi connectivity index (χ1n) is 9.88. The minimum atomic E-state index is -3.74. The Morgan fingerprint density at radius 3 is 2.65 bits per heavy atom. The predicted molar refractivity (Wildman–Crippen MR) is 111 cm³/mol. The summed E-state index contributed by atoms with van der Waals surface area (Å²) in [7, 11) is -3.74. The third-order valence-electron chi connectivity index (χ3n) is 5.61. The van der Waals surface area contributed by atoms with Gasteiger partial charge in [-0.1, -0.05) is 5.16 Å². The topological polar surface area (TPSA) is 94.1 Å². The van der Waals surface area contributed by atoms with Crippen LogP contribution in [0.4, 0.5) is 4.39 Å². The minimum Gasteiger partial charge on any atom is -0.360 e. The van der Waals surface area contributed by atoms with E-state index in [2.05, 4.69) is 10.1 Å². The van der Waals surface area contributed by atoms with Gasteiger partial charge >= 0.3 is 0 Å². The zero-order valence-electron chi connectivity index (χ0n) is 17.0. The Balaban J connectivity index is 1.56. The Morgan fingerprint density at radius 2 is 1.94 bits per heavy atom. The van der Waals surface area contributed by atoms with Crippen LogP contribution in [0.1, 0.15) is 23.9 Å². The largest absolute Gasteiger partial charge is 0.360 e. The number of hydrogen-bond acceptors (Lipinski definition) is 6. The molecule has 1 aliphatic heterocycles. The maximum atomic E-state index is 13.5. The number of aromatic nitrogens is 4. The first-order valence-corrected chi connectivity index (χ1v) is 11.3. The van der Waals surface area contributed by atoms with E-state index in [1.54, 1.807) is 38.2 Å². The number of halogens is 1. The molecule has 1 aliphatic rings. The van der Waals surface area contributed by atoms with Gasteiger partial charge in [0.1, 0.15) is 27.7 Å². The summed E-state index contributed by atoms with van der Waals surface area (Å²) in [4.78, 5) is 9.32. The van der Waals surface area contributed by atoms with E-state index in [0.717, 1.165) is 5.56 Å². The van der Waals surface area contributed by atoms with Crippen molar-refractivity contribution < 1.29 is 17.3 Å². The number of sulfonamides is 1. The van der Waals surface area contributed by atoms with E-state index < -0.39 is 10.0 Å². The molecule has 4 aromatic rings. The molecule has 1 fully saturated rings. The highest BCUT2D eigenvalue weighted by Crippen LogP contribution is 2.35. The van der Waals surface area contributed by atoms with Crippen LogP contribution in [0.3, 0.4) is 0 Å². The van der Waals surface area contributed by atoms with E-state index >= 15 is 0 Å². The number of benzene rings is 1. The molecule has 3 aromatic heterocycles. The molecular weight excluding hydrogens is 421 g/mol. The number of pyridine rings is 1. The van der Waals surface area contributed by atoms with Crippen molar-refractivity contribution in [2.75, 3.05) is 13.1 Å². The zero-order chi connectivity index (χ0) is 21.8. The van der Waals surface area contributed by atoms with Crippen LogP contribution in [0.15, 0.2) is 52.0 Å². The number of nitrogens with zero attached hydrogens (tertiary/aromatic N) is 5. The lowest BCUT2D eigenvalue weighted by atomic mass is 10.2. The van der Waals surface area contributed by atoms with Gasteiger partial charge in [-0.05, 0) is 56.7 Å². The maximum absolute atomic E-state index is 13.5. The summed E-state index contributed by atoms with van der Waals surface area (Å²) >= 11 is 0. The summed E-state index contributed by atoms with van der Waals surface area (Å²) < 4.78 is 48.5. The zero-order valence-corrected chi connectivity index (χ0v) is 17.8. The van der Waals surface area contributed by atoms with Crippen molar-refractivity contribution in [2.45, 2.75) is 31.2 Å². The molecule has 0 saturated carbocycles. The van der Waals surface area contributed by atoms with E-state index in [1.807, 2.05) is 10.6 Å². The smallest absolute Gasteiger partial charge is 0.248 e. The molecule has 4 heterocycles. The molecule has 0 amide bonds. The molecule has 0 aliphatic carbocycles. The van der Waals surface area contributed by atoms with Gasteiger partial charge in [-0.3, -0.25) is 0 Å². The van der Waals surface area contributed by atoms with Crippen LogP contribution in [0, 0.1) is 19.7 Å². The Morgan fingerprint density at radius 1 is 1.16 bits per heavy atom. The minimum absolute atomic E-state index is 0.125. The second-order valence-electron chi connectivity index (χ2n) is 7.62. The highest BCUT2D eigenvalue weighted by Gasteiger charge is 2.38. The lowest BCUT2D eigenvalue weighted by Gasteiger charge is -2.18. The second kappa shape index (κ2) is 7.24. The highest BCUT2D eigenvalue weighted by molar-refractivity contribution is 7.89. The summed E-state index contributed by atoms with van der Waals surface area (Å²) in [6.07, 6.45) is 2.28. The van der Waals surface area contributed by atoms with Crippen molar-refractivity contribution in [1.82, 2.24) is 24.0 Å². The fourth-order valence-corrected chi connectivity index (χ4v) is 5.97. The van der Waals surface area contributed by atoms with Crippen LogP contribution in [0.25, 0.3) is 22.6 Å². The molecule has 10 heteroatoms. The molecule has 5 rings (SSSR count). The van der Waals surface area contributed by atoms with Crippen molar-refractivity contribution in [3.05, 3.63) is 59.9 Å². The molecule has 0 spiro atoms. The number of fused-ring (bicyclic) bond motifs is 1. The average Bonchev–Trinajstić information content (AvgIpc) is 3.45. The maximum Gasteiger partial charge on any atom is 0.248 e. The highest BCUT2D eigenvalue weighted by atomic mass is 32.2. The van der Waals surface area contributed by atoms with Crippen LogP contribution in [0.2, 0.25) is 0 Å². The van der Waals surface area contributed by atoms with Gasteiger partial charge in [-0.2, -0.15) is 4.31 Å². The fourth-order valence-electron chi connectivity index (χ4n) is 4.19. The van der Waals surface area contributed by atoms with Crippen molar-refractivity contribution in [2.24, 2.45) is 0 Å². The Bertz CT molecular complexity index is 1360. The third-order valence-corrected chi connectivity index (χ3v) is 7.72. The van der Waals surface area contributed by atoms with Gasteiger partial charge in [0.05, 0.1) is 6.04 Å². The van der Waals surface area contributed by atoms with E-state index in [0.29, 0.717) is 35.6 Å². The molecule has 0 unspecified atom stereocenters.